The molecule has 3 aromatic carbocycles. The van der Waals surface area contributed by atoms with Crippen LogP contribution in [0.1, 0.15) is 11.4 Å². The molecule has 4 aromatic rings. The highest BCUT2D eigenvalue weighted by atomic mass is 15.0. The predicted octanol–water partition coefficient (Wildman–Crippen LogP) is 4.52. The number of aromatic amines is 1. The van der Waals surface area contributed by atoms with Crippen LogP contribution in [0.15, 0.2) is 78.9 Å². The van der Waals surface area contributed by atoms with E-state index in [4.69, 9.17) is 0 Å². The summed E-state index contributed by atoms with van der Waals surface area (Å²) in [5.41, 5.74) is 5.87. The highest BCUT2D eigenvalue weighted by Crippen LogP contribution is 2.19. The first-order valence-electron chi connectivity index (χ1n) is 8.17. The third-order valence-corrected chi connectivity index (χ3v) is 4.12. The summed E-state index contributed by atoms with van der Waals surface area (Å²) in [6.45, 7) is 1.56. The zero-order chi connectivity index (χ0) is 16.2. The Kier molecular flexibility index (Phi) is 4.09. The maximum Gasteiger partial charge on any atom is 0.121 e. The second-order valence-electron chi connectivity index (χ2n) is 5.87. The molecule has 0 fully saturated rings. The van der Waals surface area contributed by atoms with Gasteiger partial charge >= 0.3 is 0 Å². The molecule has 1 aromatic heterocycles. The molecule has 0 radical (unpaired) electrons. The maximum atomic E-state index is 4.58. The molecule has 3 nitrogen and oxygen atoms in total. The molecule has 118 valence electrons. The lowest BCUT2D eigenvalue weighted by Gasteiger charge is -2.05. The van der Waals surface area contributed by atoms with Gasteiger partial charge in [-0.3, -0.25) is 0 Å². The number of nitrogens with zero attached hydrogens (tertiary/aromatic N) is 1. The van der Waals surface area contributed by atoms with E-state index in [2.05, 4.69) is 63.8 Å². The highest BCUT2D eigenvalue weighted by Gasteiger charge is 2.02. The van der Waals surface area contributed by atoms with Crippen molar-refractivity contribution in [1.29, 1.82) is 0 Å². The summed E-state index contributed by atoms with van der Waals surface area (Å²) in [5, 5.41) is 3.44. The predicted molar refractivity (Wildman–Crippen MR) is 98.5 cm³/mol. The van der Waals surface area contributed by atoms with Gasteiger partial charge in [-0.1, -0.05) is 66.7 Å². The molecule has 1 heterocycles. The number of H-pyrrole nitrogens is 1. The van der Waals surface area contributed by atoms with E-state index in [1.807, 2.05) is 30.3 Å². The van der Waals surface area contributed by atoms with E-state index in [1.165, 1.54) is 16.7 Å². The van der Waals surface area contributed by atoms with E-state index in [-0.39, 0.29) is 0 Å². The molecule has 0 saturated heterocycles. The van der Waals surface area contributed by atoms with Crippen LogP contribution in [-0.4, -0.2) is 9.97 Å². The van der Waals surface area contributed by atoms with Crippen molar-refractivity contribution in [3.05, 3.63) is 90.3 Å². The number of fused-ring (bicyclic) bond motifs is 1. The molecule has 4 rings (SSSR count). The molecular weight excluding hydrogens is 294 g/mol. The lowest BCUT2D eigenvalue weighted by Crippen LogP contribution is -2.13. The molecule has 0 atom stereocenters. The van der Waals surface area contributed by atoms with Gasteiger partial charge in [0.1, 0.15) is 5.82 Å². The maximum absolute atomic E-state index is 4.58. The van der Waals surface area contributed by atoms with Gasteiger partial charge in [-0.05, 0) is 28.8 Å². The van der Waals surface area contributed by atoms with Crippen LogP contribution in [0.4, 0.5) is 0 Å². The van der Waals surface area contributed by atoms with Gasteiger partial charge < -0.3 is 10.3 Å². The largest absolute Gasteiger partial charge is 0.341 e. The van der Waals surface area contributed by atoms with E-state index in [1.54, 1.807) is 0 Å². The summed E-state index contributed by atoms with van der Waals surface area (Å²) in [4.78, 5) is 7.92. The standard InChI is InChI=1S/C21H19N3/c1-2-6-17(7-3-1)18-12-10-16(11-13-18)14-22-15-21-23-19-8-4-5-9-20(19)24-21/h1-13,22H,14-15H2,(H,23,24). The van der Waals surface area contributed by atoms with Gasteiger partial charge in [-0.25, -0.2) is 4.98 Å². The molecule has 0 bridgehead atoms. The first-order valence-corrected chi connectivity index (χ1v) is 8.17. The normalized spacial score (nSPS) is 11.0. The molecule has 0 spiro atoms. The minimum Gasteiger partial charge on any atom is -0.341 e. The second-order valence-corrected chi connectivity index (χ2v) is 5.87. The second kappa shape index (κ2) is 6.69. The van der Waals surface area contributed by atoms with Crippen LogP contribution in [0.3, 0.4) is 0 Å². The molecule has 3 heteroatoms. The van der Waals surface area contributed by atoms with Gasteiger partial charge in [-0.2, -0.15) is 0 Å². The topological polar surface area (TPSA) is 40.7 Å². The number of hydrogen-bond donors (Lipinski definition) is 2. The first-order chi connectivity index (χ1) is 11.9. The first kappa shape index (κ1) is 14.7. The van der Waals surface area contributed by atoms with Gasteiger partial charge in [0.2, 0.25) is 0 Å². The number of para-hydroxylation sites is 2. The lowest BCUT2D eigenvalue weighted by molar-refractivity contribution is 0.670. The van der Waals surface area contributed by atoms with E-state index < -0.39 is 0 Å². The Morgan fingerprint density at radius 2 is 1.42 bits per heavy atom. The Morgan fingerprint density at radius 3 is 2.21 bits per heavy atom. The van der Waals surface area contributed by atoms with E-state index in [0.29, 0.717) is 0 Å². The molecule has 0 amide bonds. The van der Waals surface area contributed by atoms with Crippen LogP contribution < -0.4 is 5.32 Å². The quantitative estimate of drug-likeness (QED) is 0.569. The number of benzene rings is 3. The molecule has 0 aliphatic heterocycles. The zero-order valence-electron chi connectivity index (χ0n) is 13.4. The van der Waals surface area contributed by atoms with Gasteiger partial charge in [-0.15, -0.1) is 0 Å². The third-order valence-electron chi connectivity index (χ3n) is 4.12. The van der Waals surface area contributed by atoms with Gasteiger partial charge in [0.05, 0.1) is 17.6 Å². The lowest BCUT2D eigenvalue weighted by atomic mass is 10.0. The van der Waals surface area contributed by atoms with Crippen molar-refractivity contribution < 1.29 is 0 Å². The summed E-state index contributed by atoms with van der Waals surface area (Å²) >= 11 is 0. The van der Waals surface area contributed by atoms with Crippen LogP contribution >= 0.6 is 0 Å². The van der Waals surface area contributed by atoms with E-state index >= 15 is 0 Å². The molecule has 0 saturated carbocycles. The number of hydrogen-bond acceptors (Lipinski definition) is 2. The van der Waals surface area contributed by atoms with Crippen molar-refractivity contribution in [3.63, 3.8) is 0 Å². The molecule has 24 heavy (non-hydrogen) atoms. The average molecular weight is 313 g/mol. The van der Waals surface area contributed by atoms with Crippen LogP contribution in [0, 0.1) is 0 Å². The van der Waals surface area contributed by atoms with Crippen molar-refractivity contribution in [2.45, 2.75) is 13.1 Å². The fourth-order valence-electron chi connectivity index (χ4n) is 2.86. The summed E-state index contributed by atoms with van der Waals surface area (Å²) in [7, 11) is 0. The number of aromatic nitrogens is 2. The van der Waals surface area contributed by atoms with E-state index in [0.717, 1.165) is 29.9 Å². The molecule has 0 aliphatic rings. The number of rotatable bonds is 5. The average Bonchev–Trinajstić information content (AvgIpc) is 3.06. The van der Waals surface area contributed by atoms with Crippen molar-refractivity contribution in [2.24, 2.45) is 0 Å². The van der Waals surface area contributed by atoms with Gasteiger partial charge in [0, 0.05) is 6.54 Å². The zero-order valence-corrected chi connectivity index (χ0v) is 13.4. The minimum atomic E-state index is 0.731. The third kappa shape index (κ3) is 3.21. The molecular formula is C21H19N3. The molecule has 0 aliphatic carbocycles. The number of imidazole rings is 1. The van der Waals surface area contributed by atoms with Gasteiger partial charge in [0.15, 0.2) is 0 Å². The van der Waals surface area contributed by atoms with Crippen molar-refractivity contribution in [1.82, 2.24) is 15.3 Å². The number of nitrogens with one attached hydrogen (secondary N) is 2. The fourth-order valence-corrected chi connectivity index (χ4v) is 2.86. The van der Waals surface area contributed by atoms with Crippen molar-refractivity contribution in [2.75, 3.05) is 0 Å². The van der Waals surface area contributed by atoms with Crippen molar-refractivity contribution >= 4 is 11.0 Å². The molecule has 0 unspecified atom stereocenters. The fraction of sp³-hybridized carbons (Fsp3) is 0.0952. The van der Waals surface area contributed by atoms with Crippen LogP contribution in [0.5, 0.6) is 0 Å². The molecule has 2 N–H and O–H groups in total. The van der Waals surface area contributed by atoms with Crippen LogP contribution in [0.25, 0.3) is 22.2 Å². The highest BCUT2D eigenvalue weighted by molar-refractivity contribution is 5.74. The smallest absolute Gasteiger partial charge is 0.121 e. The van der Waals surface area contributed by atoms with Gasteiger partial charge in [0.25, 0.3) is 0 Å². The summed E-state index contributed by atoms with van der Waals surface area (Å²) < 4.78 is 0. The Morgan fingerprint density at radius 1 is 0.708 bits per heavy atom. The Balaban J connectivity index is 1.37. The van der Waals surface area contributed by atoms with E-state index in [9.17, 15) is 0 Å². The van der Waals surface area contributed by atoms with Crippen LogP contribution in [-0.2, 0) is 13.1 Å². The summed E-state index contributed by atoms with van der Waals surface area (Å²) in [6, 6.07) is 27.2. The SMILES string of the molecule is c1ccc(-c2ccc(CNCc3nc4ccccc4[nH]3)cc2)cc1. The Hall–Kier alpha value is -2.91. The van der Waals surface area contributed by atoms with Crippen LogP contribution in [0.2, 0.25) is 0 Å². The Bertz CT molecular complexity index is 891. The monoisotopic (exact) mass is 313 g/mol. The van der Waals surface area contributed by atoms with Crippen molar-refractivity contribution in [3.8, 4) is 11.1 Å². The minimum absolute atomic E-state index is 0.731. The summed E-state index contributed by atoms with van der Waals surface area (Å²) in [6.07, 6.45) is 0. The Labute approximate surface area is 141 Å². The summed E-state index contributed by atoms with van der Waals surface area (Å²) in [5.74, 6) is 0.970.